The molecule has 26 heavy (non-hydrogen) atoms. The second kappa shape index (κ2) is 8.03. The summed E-state index contributed by atoms with van der Waals surface area (Å²) < 4.78 is 37.9. The summed E-state index contributed by atoms with van der Waals surface area (Å²) in [5, 5.41) is 2.70. The van der Waals surface area contributed by atoms with Gasteiger partial charge in [0.05, 0.1) is 5.56 Å². The van der Waals surface area contributed by atoms with Gasteiger partial charge in [0.15, 0.2) is 0 Å². The van der Waals surface area contributed by atoms with E-state index in [1.165, 1.54) is 19.1 Å². The highest BCUT2D eigenvalue weighted by Gasteiger charge is 2.30. The predicted octanol–water partition coefficient (Wildman–Crippen LogP) is 3.68. The number of benzene rings is 2. The number of hydrogen-bond donors (Lipinski definition) is 1. The Labute approximate surface area is 149 Å². The summed E-state index contributed by atoms with van der Waals surface area (Å²) in [7, 11) is 0. The Morgan fingerprint density at radius 2 is 1.73 bits per heavy atom. The summed E-state index contributed by atoms with van der Waals surface area (Å²) in [6.07, 6.45) is -4.45. The van der Waals surface area contributed by atoms with Gasteiger partial charge in [0.25, 0.3) is 0 Å². The Morgan fingerprint density at radius 3 is 2.27 bits per heavy atom. The first-order chi connectivity index (χ1) is 12.2. The van der Waals surface area contributed by atoms with Gasteiger partial charge in [0.2, 0.25) is 11.8 Å². The SMILES string of the molecule is CC(=O)N(CC(=O)NCc1cccc(C)c1)c1ccc(C(F)(F)F)cc1. The minimum atomic E-state index is -4.45. The molecule has 1 N–H and O–H groups in total. The molecule has 2 amide bonds. The first-order valence-corrected chi connectivity index (χ1v) is 7.94. The number of carbonyl (C=O) groups is 2. The Morgan fingerprint density at radius 1 is 1.08 bits per heavy atom. The normalized spacial score (nSPS) is 11.1. The van der Waals surface area contributed by atoms with Crippen molar-refractivity contribution in [2.45, 2.75) is 26.6 Å². The Kier molecular flexibility index (Phi) is 6.02. The lowest BCUT2D eigenvalue weighted by Crippen LogP contribution is -2.39. The summed E-state index contributed by atoms with van der Waals surface area (Å²) in [4.78, 5) is 25.1. The Hall–Kier alpha value is -2.83. The predicted molar refractivity (Wildman–Crippen MR) is 92.5 cm³/mol. The summed E-state index contributed by atoms with van der Waals surface area (Å²) in [5.41, 5.74) is 1.40. The summed E-state index contributed by atoms with van der Waals surface area (Å²) in [6, 6.07) is 11.7. The molecule has 0 spiro atoms. The van der Waals surface area contributed by atoms with Crippen LogP contribution in [0.2, 0.25) is 0 Å². The largest absolute Gasteiger partial charge is 0.416 e. The molecule has 2 aromatic rings. The molecule has 0 radical (unpaired) electrons. The zero-order chi connectivity index (χ0) is 19.3. The van der Waals surface area contributed by atoms with Gasteiger partial charge >= 0.3 is 6.18 Å². The van der Waals surface area contributed by atoms with Crippen molar-refractivity contribution >= 4 is 17.5 Å². The standard InChI is InChI=1S/C19H19F3N2O2/c1-13-4-3-5-15(10-13)11-23-18(26)12-24(14(2)25)17-8-6-16(7-9-17)19(20,21)22/h3-10H,11-12H2,1-2H3,(H,23,26). The number of carbonyl (C=O) groups excluding carboxylic acids is 2. The van der Waals surface area contributed by atoms with Crippen molar-refractivity contribution in [2.75, 3.05) is 11.4 Å². The molecule has 2 rings (SSSR count). The van der Waals surface area contributed by atoms with Gasteiger partial charge in [-0.15, -0.1) is 0 Å². The van der Waals surface area contributed by atoms with Gasteiger partial charge in [-0.2, -0.15) is 13.2 Å². The van der Waals surface area contributed by atoms with Crippen molar-refractivity contribution in [2.24, 2.45) is 0 Å². The lowest BCUT2D eigenvalue weighted by atomic mass is 10.1. The van der Waals surface area contributed by atoms with E-state index in [1.807, 2.05) is 31.2 Å². The average Bonchev–Trinajstić information content (AvgIpc) is 2.57. The summed E-state index contributed by atoms with van der Waals surface area (Å²) >= 11 is 0. The van der Waals surface area contributed by atoms with Crippen LogP contribution in [0.25, 0.3) is 0 Å². The minimum Gasteiger partial charge on any atom is -0.350 e. The van der Waals surface area contributed by atoms with Crippen LogP contribution < -0.4 is 10.2 Å². The first-order valence-electron chi connectivity index (χ1n) is 7.94. The molecular formula is C19H19F3N2O2. The van der Waals surface area contributed by atoms with Crippen molar-refractivity contribution < 1.29 is 22.8 Å². The molecule has 0 fully saturated rings. The number of aryl methyl sites for hydroxylation is 1. The van der Waals surface area contributed by atoms with Crippen LogP contribution in [0.15, 0.2) is 48.5 Å². The lowest BCUT2D eigenvalue weighted by Gasteiger charge is -2.21. The van der Waals surface area contributed by atoms with E-state index in [2.05, 4.69) is 5.32 Å². The van der Waals surface area contributed by atoms with Crippen molar-refractivity contribution in [3.8, 4) is 0 Å². The van der Waals surface area contributed by atoms with Crippen molar-refractivity contribution in [1.29, 1.82) is 0 Å². The van der Waals surface area contributed by atoms with E-state index in [0.717, 1.165) is 28.2 Å². The summed E-state index contributed by atoms with van der Waals surface area (Å²) in [5.74, 6) is -0.836. The van der Waals surface area contributed by atoms with Crippen LogP contribution in [0.3, 0.4) is 0 Å². The maximum Gasteiger partial charge on any atom is 0.416 e. The number of amides is 2. The third kappa shape index (κ3) is 5.34. The van der Waals surface area contributed by atoms with E-state index in [0.29, 0.717) is 6.54 Å². The van der Waals surface area contributed by atoms with Crippen molar-refractivity contribution in [3.63, 3.8) is 0 Å². The average molecular weight is 364 g/mol. The van der Waals surface area contributed by atoms with Gasteiger partial charge in [-0.25, -0.2) is 0 Å². The molecule has 0 saturated heterocycles. The van der Waals surface area contributed by atoms with E-state index in [9.17, 15) is 22.8 Å². The molecule has 0 unspecified atom stereocenters. The van der Waals surface area contributed by atoms with Gasteiger partial charge in [0, 0.05) is 19.2 Å². The van der Waals surface area contributed by atoms with E-state index in [1.54, 1.807) is 0 Å². The molecule has 138 valence electrons. The van der Waals surface area contributed by atoms with E-state index in [4.69, 9.17) is 0 Å². The van der Waals surface area contributed by atoms with E-state index >= 15 is 0 Å². The fraction of sp³-hybridized carbons (Fsp3) is 0.263. The van der Waals surface area contributed by atoms with E-state index < -0.39 is 23.6 Å². The molecule has 0 aliphatic rings. The maximum absolute atomic E-state index is 12.6. The second-order valence-electron chi connectivity index (χ2n) is 5.92. The molecule has 0 aliphatic carbocycles. The first kappa shape index (κ1) is 19.5. The molecule has 0 saturated carbocycles. The Balaban J connectivity index is 2.03. The zero-order valence-corrected chi connectivity index (χ0v) is 14.4. The molecule has 0 heterocycles. The number of alkyl halides is 3. The highest BCUT2D eigenvalue weighted by Crippen LogP contribution is 2.30. The topological polar surface area (TPSA) is 49.4 Å². The van der Waals surface area contributed by atoms with Gasteiger partial charge in [-0.1, -0.05) is 29.8 Å². The zero-order valence-electron chi connectivity index (χ0n) is 14.4. The van der Waals surface area contributed by atoms with Crippen LogP contribution in [0.5, 0.6) is 0 Å². The molecule has 0 bridgehead atoms. The number of halogens is 3. The summed E-state index contributed by atoms with van der Waals surface area (Å²) in [6.45, 7) is 3.23. The number of hydrogen-bond acceptors (Lipinski definition) is 2. The smallest absolute Gasteiger partial charge is 0.350 e. The highest BCUT2D eigenvalue weighted by molar-refractivity contribution is 5.97. The molecule has 0 atom stereocenters. The van der Waals surface area contributed by atoms with Crippen LogP contribution in [0.1, 0.15) is 23.6 Å². The fourth-order valence-electron chi connectivity index (χ4n) is 2.44. The van der Waals surface area contributed by atoms with Crippen molar-refractivity contribution in [3.05, 3.63) is 65.2 Å². The quantitative estimate of drug-likeness (QED) is 0.880. The van der Waals surface area contributed by atoms with Crippen LogP contribution in [-0.2, 0) is 22.3 Å². The molecule has 7 heteroatoms. The third-order valence-corrected chi connectivity index (χ3v) is 3.76. The van der Waals surface area contributed by atoms with Crippen molar-refractivity contribution in [1.82, 2.24) is 5.32 Å². The molecule has 0 aromatic heterocycles. The number of anilines is 1. The lowest BCUT2D eigenvalue weighted by molar-refractivity contribution is -0.137. The number of nitrogens with one attached hydrogen (secondary N) is 1. The third-order valence-electron chi connectivity index (χ3n) is 3.76. The van der Waals surface area contributed by atoms with E-state index in [-0.39, 0.29) is 12.2 Å². The van der Waals surface area contributed by atoms with Gasteiger partial charge in [0.1, 0.15) is 6.54 Å². The molecule has 4 nitrogen and oxygen atoms in total. The molecule has 2 aromatic carbocycles. The minimum absolute atomic E-state index is 0.233. The fourth-order valence-corrected chi connectivity index (χ4v) is 2.44. The number of rotatable bonds is 5. The monoisotopic (exact) mass is 364 g/mol. The van der Waals surface area contributed by atoms with Gasteiger partial charge < -0.3 is 10.2 Å². The van der Waals surface area contributed by atoms with Crippen LogP contribution in [0, 0.1) is 6.92 Å². The van der Waals surface area contributed by atoms with Crippen LogP contribution >= 0.6 is 0 Å². The highest BCUT2D eigenvalue weighted by atomic mass is 19.4. The Bertz CT molecular complexity index is 786. The second-order valence-corrected chi connectivity index (χ2v) is 5.92. The van der Waals surface area contributed by atoms with Crippen LogP contribution in [0.4, 0.5) is 18.9 Å². The molecular weight excluding hydrogens is 345 g/mol. The maximum atomic E-state index is 12.6. The van der Waals surface area contributed by atoms with Crippen LogP contribution in [-0.4, -0.2) is 18.4 Å². The number of nitrogens with zero attached hydrogens (tertiary/aromatic N) is 1. The van der Waals surface area contributed by atoms with Gasteiger partial charge in [-0.3, -0.25) is 9.59 Å². The van der Waals surface area contributed by atoms with Gasteiger partial charge in [-0.05, 0) is 36.8 Å². The molecule has 0 aliphatic heterocycles.